The van der Waals surface area contributed by atoms with Crippen LogP contribution in [-0.2, 0) is 19.1 Å². The van der Waals surface area contributed by atoms with Gasteiger partial charge in [0, 0.05) is 5.92 Å². The smallest absolute Gasteiger partial charge is 0.338 e. The number of rotatable bonds is 6. The Balaban J connectivity index is 2.41. The fourth-order valence-corrected chi connectivity index (χ4v) is 2.84. The third-order valence-corrected chi connectivity index (χ3v) is 4.29. The highest BCUT2D eigenvalue weighted by atomic mass is 16.6. The van der Waals surface area contributed by atoms with Crippen LogP contribution in [0.15, 0.2) is 22.7 Å². The lowest BCUT2D eigenvalue weighted by Crippen LogP contribution is -2.21. The highest BCUT2D eigenvalue weighted by Gasteiger charge is 2.44. The Labute approximate surface area is 134 Å². The quantitative estimate of drug-likeness (QED) is 0.636. The van der Waals surface area contributed by atoms with Gasteiger partial charge in [-0.15, -0.1) is 0 Å². The molecule has 0 amide bonds. The van der Waals surface area contributed by atoms with E-state index in [0.717, 1.165) is 0 Å². The molecule has 0 saturated heterocycles. The predicted octanol–water partition coefficient (Wildman–Crippen LogP) is 1.67. The molecule has 0 aromatic carbocycles. The SMILES string of the molecule is CCC(O)CCC(C1=C(O)C(C)OC1=O)C1=C(O)C(C)OC1=O. The first-order chi connectivity index (χ1) is 10.8. The lowest BCUT2D eigenvalue weighted by Gasteiger charge is -2.18. The maximum atomic E-state index is 12.0. The lowest BCUT2D eigenvalue weighted by molar-refractivity contribution is -0.140. The van der Waals surface area contributed by atoms with Crippen molar-refractivity contribution >= 4 is 11.9 Å². The molecule has 2 heterocycles. The van der Waals surface area contributed by atoms with Crippen LogP contribution in [0.5, 0.6) is 0 Å². The Bertz CT molecular complexity index is 531. The topological polar surface area (TPSA) is 113 Å². The minimum atomic E-state index is -0.869. The highest BCUT2D eigenvalue weighted by Crippen LogP contribution is 2.38. The van der Waals surface area contributed by atoms with Gasteiger partial charge in [0.1, 0.15) is 11.5 Å². The predicted molar refractivity (Wildman–Crippen MR) is 79.4 cm³/mol. The minimum absolute atomic E-state index is 0.0478. The van der Waals surface area contributed by atoms with Crippen LogP contribution >= 0.6 is 0 Å². The van der Waals surface area contributed by atoms with Crippen LogP contribution in [0.2, 0.25) is 0 Å². The number of esters is 2. The molecule has 0 saturated carbocycles. The molecule has 3 unspecified atom stereocenters. The zero-order valence-corrected chi connectivity index (χ0v) is 13.4. The minimum Gasteiger partial charge on any atom is -0.508 e. The molecule has 23 heavy (non-hydrogen) atoms. The molecule has 2 aliphatic rings. The summed E-state index contributed by atoms with van der Waals surface area (Å²) in [4.78, 5) is 24.1. The van der Waals surface area contributed by atoms with E-state index in [1.807, 2.05) is 6.92 Å². The summed E-state index contributed by atoms with van der Waals surface area (Å²) in [7, 11) is 0. The lowest BCUT2D eigenvalue weighted by atomic mass is 9.84. The van der Waals surface area contributed by atoms with Crippen LogP contribution in [0.25, 0.3) is 0 Å². The van der Waals surface area contributed by atoms with Crippen molar-refractivity contribution in [3.05, 3.63) is 22.7 Å². The second-order valence-corrected chi connectivity index (χ2v) is 5.88. The van der Waals surface area contributed by atoms with E-state index >= 15 is 0 Å². The molecule has 3 atom stereocenters. The van der Waals surface area contributed by atoms with E-state index in [2.05, 4.69) is 0 Å². The highest BCUT2D eigenvalue weighted by molar-refractivity contribution is 5.99. The van der Waals surface area contributed by atoms with Gasteiger partial charge in [-0.25, -0.2) is 9.59 Å². The molecule has 0 bridgehead atoms. The van der Waals surface area contributed by atoms with Gasteiger partial charge in [-0.05, 0) is 33.1 Å². The van der Waals surface area contributed by atoms with E-state index in [9.17, 15) is 24.9 Å². The third-order valence-electron chi connectivity index (χ3n) is 4.29. The van der Waals surface area contributed by atoms with Crippen LogP contribution in [-0.4, -0.2) is 45.6 Å². The van der Waals surface area contributed by atoms with Gasteiger partial charge in [-0.1, -0.05) is 6.92 Å². The number of aliphatic hydroxyl groups is 3. The molecule has 3 N–H and O–H groups in total. The second-order valence-electron chi connectivity index (χ2n) is 5.88. The zero-order chi connectivity index (χ0) is 17.3. The van der Waals surface area contributed by atoms with Crippen LogP contribution < -0.4 is 0 Å². The molecule has 0 radical (unpaired) electrons. The molecule has 0 aliphatic carbocycles. The van der Waals surface area contributed by atoms with Gasteiger partial charge in [-0.2, -0.15) is 0 Å². The number of aliphatic hydroxyl groups excluding tert-OH is 3. The van der Waals surface area contributed by atoms with Crippen molar-refractivity contribution in [1.82, 2.24) is 0 Å². The van der Waals surface area contributed by atoms with Gasteiger partial charge in [0.15, 0.2) is 12.2 Å². The van der Waals surface area contributed by atoms with E-state index in [1.165, 1.54) is 13.8 Å². The first kappa shape index (κ1) is 17.3. The van der Waals surface area contributed by atoms with Crippen LogP contribution in [0.1, 0.15) is 40.0 Å². The largest absolute Gasteiger partial charge is 0.508 e. The van der Waals surface area contributed by atoms with Gasteiger partial charge in [0.25, 0.3) is 0 Å². The number of carbonyl (C=O) groups excluding carboxylic acids is 2. The Morgan fingerprint density at radius 2 is 1.39 bits per heavy atom. The van der Waals surface area contributed by atoms with Gasteiger partial charge >= 0.3 is 11.9 Å². The molecule has 2 rings (SSSR count). The molecule has 128 valence electrons. The number of hydrogen-bond donors (Lipinski definition) is 3. The van der Waals surface area contributed by atoms with Crippen molar-refractivity contribution in [3.8, 4) is 0 Å². The molecule has 2 aliphatic heterocycles. The summed E-state index contributed by atoms with van der Waals surface area (Å²) in [6.07, 6.45) is -1.17. The van der Waals surface area contributed by atoms with E-state index in [4.69, 9.17) is 9.47 Å². The van der Waals surface area contributed by atoms with Crippen LogP contribution in [0.4, 0.5) is 0 Å². The number of hydrogen-bond acceptors (Lipinski definition) is 7. The molecule has 0 spiro atoms. The number of cyclic esters (lactones) is 2. The Kier molecular flexibility index (Phi) is 4.99. The van der Waals surface area contributed by atoms with Crippen molar-refractivity contribution < 1.29 is 34.4 Å². The fraction of sp³-hybridized carbons (Fsp3) is 0.625. The molecule has 7 heteroatoms. The van der Waals surface area contributed by atoms with Crippen LogP contribution in [0, 0.1) is 5.92 Å². The third kappa shape index (κ3) is 3.19. The van der Waals surface area contributed by atoms with Crippen molar-refractivity contribution in [2.75, 3.05) is 0 Å². The first-order valence-electron chi connectivity index (χ1n) is 7.73. The molecule has 0 aromatic heterocycles. The van der Waals surface area contributed by atoms with Crippen LogP contribution in [0.3, 0.4) is 0 Å². The summed E-state index contributed by atoms with van der Waals surface area (Å²) >= 11 is 0. The number of carbonyl (C=O) groups is 2. The van der Waals surface area contributed by atoms with Crippen molar-refractivity contribution in [3.63, 3.8) is 0 Å². The van der Waals surface area contributed by atoms with Gasteiger partial charge in [0.05, 0.1) is 17.3 Å². The fourth-order valence-electron chi connectivity index (χ4n) is 2.84. The van der Waals surface area contributed by atoms with Crippen molar-refractivity contribution in [2.45, 2.75) is 58.3 Å². The van der Waals surface area contributed by atoms with E-state index in [1.54, 1.807) is 0 Å². The summed E-state index contributed by atoms with van der Waals surface area (Å²) in [6.45, 7) is 4.84. The van der Waals surface area contributed by atoms with Crippen molar-refractivity contribution in [1.29, 1.82) is 0 Å². The summed E-state index contributed by atoms with van der Waals surface area (Å²) in [5.74, 6) is -2.82. The zero-order valence-electron chi connectivity index (χ0n) is 13.4. The normalized spacial score (nSPS) is 27.3. The Morgan fingerprint density at radius 3 is 1.70 bits per heavy atom. The van der Waals surface area contributed by atoms with Crippen molar-refractivity contribution in [2.24, 2.45) is 5.92 Å². The average Bonchev–Trinajstić information content (AvgIpc) is 2.89. The summed E-state index contributed by atoms with van der Waals surface area (Å²) in [6, 6.07) is 0. The molecule has 0 fully saturated rings. The molecular formula is C16H22O7. The molecule has 7 nitrogen and oxygen atoms in total. The standard InChI is InChI=1S/C16H22O7/c1-4-9(17)5-6-10(11-13(18)7(2)22-15(11)20)12-14(19)8(3)23-16(12)21/h7-10,17-19H,4-6H2,1-3H3. The van der Waals surface area contributed by atoms with Gasteiger partial charge in [-0.3, -0.25) is 0 Å². The van der Waals surface area contributed by atoms with E-state index in [-0.39, 0.29) is 29.1 Å². The summed E-state index contributed by atoms with van der Waals surface area (Å²) in [5.41, 5.74) is -0.0955. The summed E-state index contributed by atoms with van der Waals surface area (Å²) < 4.78 is 9.95. The first-order valence-corrected chi connectivity index (χ1v) is 7.73. The Hall–Kier alpha value is -2.02. The average molecular weight is 326 g/mol. The maximum absolute atomic E-state index is 12.0. The van der Waals surface area contributed by atoms with E-state index < -0.39 is 36.2 Å². The monoisotopic (exact) mass is 326 g/mol. The molecular weight excluding hydrogens is 304 g/mol. The second kappa shape index (κ2) is 6.62. The van der Waals surface area contributed by atoms with E-state index in [0.29, 0.717) is 12.8 Å². The Morgan fingerprint density at radius 1 is 0.957 bits per heavy atom. The van der Waals surface area contributed by atoms with Gasteiger partial charge in [0.2, 0.25) is 0 Å². The molecule has 0 aromatic rings. The van der Waals surface area contributed by atoms with Gasteiger partial charge < -0.3 is 24.8 Å². The summed E-state index contributed by atoms with van der Waals surface area (Å²) in [5, 5.41) is 30.0. The number of ether oxygens (including phenoxy) is 2. The maximum Gasteiger partial charge on any atom is 0.338 e.